The number of nitrogens with one attached hydrogen (secondary N) is 1. The van der Waals surface area contributed by atoms with Gasteiger partial charge in [-0.25, -0.2) is 0 Å². The Kier molecular flexibility index (Phi) is 6.19. The second-order valence-corrected chi connectivity index (χ2v) is 6.96. The summed E-state index contributed by atoms with van der Waals surface area (Å²) in [4.78, 5) is 25.8. The van der Waals surface area contributed by atoms with Crippen molar-refractivity contribution in [2.75, 3.05) is 19.6 Å². The van der Waals surface area contributed by atoms with E-state index in [-0.39, 0.29) is 29.6 Å². The van der Waals surface area contributed by atoms with Crippen LogP contribution in [0, 0.1) is 5.92 Å². The average molecular weight is 337 g/mol. The number of hydrogen-bond acceptors (Lipinski definition) is 3. The van der Waals surface area contributed by atoms with Gasteiger partial charge in [0.25, 0.3) is 0 Å². The van der Waals surface area contributed by atoms with Crippen LogP contribution in [0.2, 0.25) is 5.02 Å². The average Bonchev–Trinajstić information content (AvgIpc) is 2.98. The molecule has 0 aromatic heterocycles. The predicted octanol–water partition coefficient (Wildman–Crippen LogP) is 2.86. The number of carbonyl (C=O) groups excluding carboxylic acids is 2. The summed E-state index contributed by atoms with van der Waals surface area (Å²) in [5.74, 6) is 0.136. The van der Waals surface area contributed by atoms with Gasteiger partial charge in [-0.15, -0.1) is 0 Å². The molecule has 0 aliphatic carbocycles. The van der Waals surface area contributed by atoms with Gasteiger partial charge in [0, 0.05) is 43.5 Å². The molecule has 2 atom stereocenters. The van der Waals surface area contributed by atoms with E-state index >= 15 is 0 Å². The Morgan fingerprint density at radius 2 is 1.96 bits per heavy atom. The van der Waals surface area contributed by atoms with Crippen LogP contribution in [0.1, 0.15) is 38.7 Å². The van der Waals surface area contributed by atoms with Gasteiger partial charge in [0.05, 0.1) is 5.92 Å². The second-order valence-electron chi connectivity index (χ2n) is 6.52. The van der Waals surface area contributed by atoms with Crippen LogP contribution in [0.15, 0.2) is 24.3 Å². The van der Waals surface area contributed by atoms with Gasteiger partial charge in [0.2, 0.25) is 5.91 Å². The summed E-state index contributed by atoms with van der Waals surface area (Å²) in [6.07, 6.45) is 0.933. The minimum Gasteiger partial charge on any atom is -0.341 e. The van der Waals surface area contributed by atoms with Crippen molar-refractivity contribution in [3.8, 4) is 0 Å². The Labute approximate surface area is 143 Å². The zero-order chi connectivity index (χ0) is 17.0. The lowest BCUT2D eigenvalue weighted by molar-refractivity contribution is -0.128. The van der Waals surface area contributed by atoms with Gasteiger partial charge in [-0.05, 0) is 24.1 Å². The molecular formula is C18H25ClN2O2. The number of Topliss-reactive ketones (excluding diaryl/α,β-unsaturated/α-hetero) is 1. The fourth-order valence-electron chi connectivity index (χ4n) is 2.98. The SMILES string of the molecule is CC(=O)N1CC[C@H](NC[C@@H](C(=O)C(C)C)c2ccc(Cl)cc2)C1. The van der Waals surface area contributed by atoms with Crippen LogP contribution >= 0.6 is 11.6 Å². The number of amides is 1. The summed E-state index contributed by atoms with van der Waals surface area (Å²) in [5, 5.41) is 4.14. The zero-order valence-electron chi connectivity index (χ0n) is 14.0. The van der Waals surface area contributed by atoms with Crippen molar-refractivity contribution in [3.63, 3.8) is 0 Å². The van der Waals surface area contributed by atoms with Crippen molar-refractivity contribution in [2.45, 2.75) is 39.2 Å². The van der Waals surface area contributed by atoms with Crippen LogP contribution in [0.5, 0.6) is 0 Å². The minimum atomic E-state index is -0.182. The number of benzene rings is 1. The van der Waals surface area contributed by atoms with Crippen molar-refractivity contribution in [1.29, 1.82) is 0 Å². The monoisotopic (exact) mass is 336 g/mol. The Bertz CT molecular complexity index is 557. The molecule has 1 aliphatic rings. The van der Waals surface area contributed by atoms with E-state index in [9.17, 15) is 9.59 Å². The summed E-state index contributed by atoms with van der Waals surface area (Å²) in [7, 11) is 0. The number of halogens is 1. The van der Waals surface area contributed by atoms with Crippen LogP contribution in [0.25, 0.3) is 0 Å². The van der Waals surface area contributed by atoms with E-state index in [1.54, 1.807) is 6.92 Å². The number of carbonyl (C=O) groups is 2. The predicted molar refractivity (Wildman–Crippen MR) is 92.7 cm³/mol. The highest BCUT2D eigenvalue weighted by molar-refractivity contribution is 6.30. The molecule has 5 heteroatoms. The van der Waals surface area contributed by atoms with Gasteiger partial charge in [-0.2, -0.15) is 0 Å². The first-order chi connectivity index (χ1) is 10.9. The summed E-state index contributed by atoms with van der Waals surface area (Å²) >= 11 is 5.95. The maximum Gasteiger partial charge on any atom is 0.219 e. The molecule has 1 aliphatic heterocycles. The summed E-state index contributed by atoms with van der Waals surface area (Å²) in [6, 6.07) is 7.75. The molecule has 0 radical (unpaired) electrons. The minimum absolute atomic E-state index is 0.0187. The third kappa shape index (κ3) is 4.79. The Hall–Kier alpha value is -1.39. The lowest BCUT2D eigenvalue weighted by atomic mass is 9.88. The van der Waals surface area contributed by atoms with Crippen molar-refractivity contribution < 1.29 is 9.59 Å². The van der Waals surface area contributed by atoms with Crippen molar-refractivity contribution in [2.24, 2.45) is 5.92 Å². The molecule has 1 amide bonds. The van der Waals surface area contributed by atoms with E-state index in [1.165, 1.54) is 0 Å². The van der Waals surface area contributed by atoms with E-state index in [2.05, 4.69) is 5.32 Å². The molecule has 1 heterocycles. The second kappa shape index (κ2) is 7.93. The number of ketones is 1. The molecule has 1 aromatic carbocycles. The third-order valence-electron chi connectivity index (χ3n) is 4.43. The van der Waals surface area contributed by atoms with Crippen LogP contribution in [-0.2, 0) is 9.59 Å². The highest BCUT2D eigenvalue weighted by Gasteiger charge is 2.27. The first kappa shape index (κ1) is 18.0. The molecule has 1 N–H and O–H groups in total. The standard InChI is InChI=1S/C18H25ClN2O2/c1-12(2)18(23)17(14-4-6-15(19)7-5-14)10-20-16-8-9-21(11-16)13(3)22/h4-7,12,16-17,20H,8-11H2,1-3H3/t16-,17+/m0/s1. The summed E-state index contributed by atoms with van der Waals surface area (Å²) < 4.78 is 0. The molecule has 1 fully saturated rings. The maximum atomic E-state index is 12.6. The molecule has 0 saturated carbocycles. The molecule has 0 bridgehead atoms. The topological polar surface area (TPSA) is 49.4 Å². The van der Waals surface area contributed by atoms with Gasteiger partial charge in [0.1, 0.15) is 5.78 Å². The molecule has 4 nitrogen and oxygen atoms in total. The lowest BCUT2D eigenvalue weighted by Gasteiger charge is -2.22. The molecule has 2 rings (SSSR count). The fraction of sp³-hybridized carbons (Fsp3) is 0.556. The maximum absolute atomic E-state index is 12.6. The van der Waals surface area contributed by atoms with Gasteiger partial charge < -0.3 is 10.2 Å². The molecule has 1 saturated heterocycles. The number of rotatable bonds is 6. The van der Waals surface area contributed by atoms with Gasteiger partial charge in [0.15, 0.2) is 0 Å². The Morgan fingerprint density at radius 3 is 2.48 bits per heavy atom. The van der Waals surface area contributed by atoms with E-state index in [1.807, 2.05) is 43.0 Å². The Morgan fingerprint density at radius 1 is 1.30 bits per heavy atom. The van der Waals surface area contributed by atoms with Gasteiger partial charge in [-0.3, -0.25) is 9.59 Å². The van der Waals surface area contributed by atoms with Crippen molar-refractivity contribution >= 4 is 23.3 Å². The van der Waals surface area contributed by atoms with Crippen molar-refractivity contribution in [1.82, 2.24) is 10.2 Å². The first-order valence-corrected chi connectivity index (χ1v) is 8.54. The third-order valence-corrected chi connectivity index (χ3v) is 4.68. The highest BCUT2D eigenvalue weighted by Crippen LogP contribution is 2.22. The van der Waals surface area contributed by atoms with E-state index in [0.29, 0.717) is 11.6 Å². The molecule has 0 spiro atoms. The molecule has 23 heavy (non-hydrogen) atoms. The Balaban J connectivity index is 2.02. The van der Waals surface area contributed by atoms with Crippen LogP contribution < -0.4 is 5.32 Å². The normalized spacial score (nSPS) is 19.2. The first-order valence-electron chi connectivity index (χ1n) is 8.16. The fourth-order valence-corrected chi connectivity index (χ4v) is 3.10. The lowest BCUT2D eigenvalue weighted by Crippen LogP contribution is -2.38. The molecule has 0 unspecified atom stereocenters. The smallest absolute Gasteiger partial charge is 0.219 e. The highest BCUT2D eigenvalue weighted by atomic mass is 35.5. The summed E-state index contributed by atoms with van der Waals surface area (Å²) in [5.41, 5.74) is 0.988. The van der Waals surface area contributed by atoms with Crippen LogP contribution in [0.4, 0.5) is 0 Å². The van der Waals surface area contributed by atoms with Crippen LogP contribution in [0.3, 0.4) is 0 Å². The number of hydrogen-bond donors (Lipinski definition) is 1. The molecular weight excluding hydrogens is 312 g/mol. The van der Waals surface area contributed by atoms with E-state index < -0.39 is 0 Å². The quantitative estimate of drug-likeness (QED) is 0.869. The van der Waals surface area contributed by atoms with Gasteiger partial charge in [-0.1, -0.05) is 37.6 Å². The largest absolute Gasteiger partial charge is 0.341 e. The van der Waals surface area contributed by atoms with Crippen LogP contribution in [-0.4, -0.2) is 42.3 Å². The van der Waals surface area contributed by atoms with E-state index in [4.69, 9.17) is 11.6 Å². The van der Waals surface area contributed by atoms with Crippen molar-refractivity contribution in [3.05, 3.63) is 34.9 Å². The number of nitrogens with zero attached hydrogens (tertiary/aromatic N) is 1. The van der Waals surface area contributed by atoms with Gasteiger partial charge >= 0.3 is 0 Å². The molecule has 1 aromatic rings. The number of likely N-dealkylation sites (tertiary alicyclic amines) is 1. The molecule has 126 valence electrons. The summed E-state index contributed by atoms with van der Waals surface area (Å²) in [6.45, 7) is 7.56. The van der Waals surface area contributed by atoms with E-state index in [0.717, 1.165) is 25.1 Å². The zero-order valence-corrected chi connectivity index (χ0v) is 14.8.